The summed E-state index contributed by atoms with van der Waals surface area (Å²) < 4.78 is 33.3. The quantitative estimate of drug-likeness (QED) is 0.0931. The molecule has 1 aliphatic rings. The molecule has 0 aromatic heterocycles. The summed E-state index contributed by atoms with van der Waals surface area (Å²) in [6.07, 6.45) is 2.67. The van der Waals surface area contributed by atoms with Gasteiger partial charge < -0.3 is 44.4 Å². The number of benzene rings is 2. The first-order valence-corrected chi connectivity index (χ1v) is 18.1. The molecule has 13 heteroatoms. The summed E-state index contributed by atoms with van der Waals surface area (Å²) in [5.74, 6) is -0.771. The zero-order valence-electron chi connectivity index (χ0n) is 31.4. The number of hydrogen-bond donors (Lipinski definition) is 2. The number of hydrogen-bond acceptors (Lipinski definition) is 11. The molecule has 3 rings (SSSR count). The minimum atomic E-state index is -0.876. The van der Waals surface area contributed by atoms with E-state index in [0.717, 1.165) is 12.0 Å². The van der Waals surface area contributed by atoms with Crippen LogP contribution in [0, 0.1) is 5.41 Å². The number of carbonyl (C=O) groups is 4. The van der Waals surface area contributed by atoms with Gasteiger partial charge in [0.1, 0.15) is 12.1 Å². The summed E-state index contributed by atoms with van der Waals surface area (Å²) in [5, 5.41) is 2.90. The van der Waals surface area contributed by atoms with E-state index in [2.05, 4.69) is 5.32 Å². The molecule has 0 radical (unpaired) electrons. The van der Waals surface area contributed by atoms with Crippen molar-refractivity contribution >= 4 is 29.3 Å². The van der Waals surface area contributed by atoms with Gasteiger partial charge in [0, 0.05) is 24.2 Å². The molecule has 1 saturated heterocycles. The highest BCUT2D eigenvalue weighted by molar-refractivity contribution is 6.38. The smallest absolute Gasteiger partial charge is 0.329 e. The van der Waals surface area contributed by atoms with Crippen LogP contribution >= 0.6 is 0 Å². The Balaban J connectivity index is 1.71. The molecule has 13 nitrogen and oxygen atoms in total. The van der Waals surface area contributed by atoms with E-state index in [1.807, 2.05) is 31.2 Å². The molecule has 0 aliphatic carbocycles. The summed E-state index contributed by atoms with van der Waals surface area (Å²) in [6.45, 7) is 8.48. The molecule has 0 saturated carbocycles. The number of carbonyl (C=O) groups excluding carboxylic acids is 4. The molecular weight excluding hydrogens is 670 g/mol. The lowest BCUT2D eigenvalue weighted by Crippen LogP contribution is -2.53. The Kier molecular flexibility index (Phi) is 18.0. The van der Waals surface area contributed by atoms with Gasteiger partial charge in [0.2, 0.25) is 11.7 Å². The number of aryl methyl sites for hydroxylation is 1. The van der Waals surface area contributed by atoms with E-state index in [-0.39, 0.29) is 18.9 Å². The van der Waals surface area contributed by atoms with Crippen molar-refractivity contribution in [3.05, 3.63) is 53.6 Å². The zero-order chi connectivity index (χ0) is 37.9. The number of ketones is 1. The number of nitrogens with two attached hydrogens (primary N) is 1. The van der Waals surface area contributed by atoms with Crippen LogP contribution in [-0.4, -0.2) is 101 Å². The number of esters is 1. The van der Waals surface area contributed by atoms with E-state index in [1.54, 1.807) is 46.3 Å². The average molecular weight is 728 g/mol. The topological polar surface area (TPSA) is 165 Å². The number of amides is 2. The minimum Gasteiger partial charge on any atom is -0.493 e. The summed E-state index contributed by atoms with van der Waals surface area (Å²) in [6, 6.07) is 11.9. The summed E-state index contributed by atoms with van der Waals surface area (Å²) in [4.78, 5) is 54.6. The van der Waals surface area contributed by atoms with Crippen LogP contribution in [0.5, 0.6) is 11.5 Å². The maximum Gasteiger partial charge on any atom is 0.329 e. The number of Topliss-reactive ketones (excluding diaryl/α,β-unsaturated/α-hetero) is 1. The van der Waals surface area contributed by atoms with E-state index < -0.39 is 35.2 Å². The molecule has 0 unspecified atom stereocenters. The third-order valence-electron chi connectivity index (χ3n) is 9.15. The molecule has 288 valence electrons. The monoisotopic (exact) mass is 727 g/mol. The molecule has 2 amide bonds. The van der Waals surface area contributed by atoms with E-state index in [0.29, 0.717) is 101 Å². The summed E-state index contributed by atoms with van der Waals surface area (Å²) in [7, 11) is 3.14. The van der Waals surface area contributed by atoms with Gasteiger partial charge in [-0.05, 0) is 73.9 Å². The average Bonchev–Trinajstić information content (AvgIpc) is 3.16. The lowest BCUT2D eigenvalue weighted by molar-refractivity contribution is -0.164. The SMILES string of the molecule is CCC(C)(C)C(=O)C(=O)N1CCCC[C@H]1C(=O)O[C@H](CCc1ccc(OC)c(OC)c1)c1cccc(NC(=O)CCOCCOCCOCCN)c1. The van der Waals surface area contributed by atoms with E-state index in [4.69, 9.17) is 34.2 Å². The number of likely N-dealkylation sites (tertiary alicyclic amines) is 1. The number of piperidine rings is 1. The maximum absolute atomic E-state index is 13.9. The highest BCUT2D eigenvalue weighted by Crippen LogP contribution is 2.32. The number of nitrogens with one attached hydrogen (secondary N) is 1. The number of rotatable bonds is 23. The van der Waals surface area contributed by atoms with E-state index in [9.17, 15) is 19.2 Å². The van der Waals surface area contributed by atoms with Crippen LogP contribution in [0.1, 0.15) is 76.5 Å². The first-order chi connectivity index (χ1) is 25.0. The van der Waals surface area contributed by atoms with Gasteiger partial charge in [-0.25, -0.2) is 4.79 Å². The molecule has 2 atom stereocenters. The molecule has 52 heavy (non-hydrogen) atoms. The Hall–Kier alpha value is -4.04. The van der Waals surface area contributed by atoms with Crippen LogP contribution in [0.2, 0.25) is 0 Å². The standard InChI is InChI=1S/C39H57N3O10/c1-6-39(2,3)36(44)37(45)42-19-8-7-12-31(42)38(46)52-32(15-13-28-14-16-33(47-4)34(26-28)48-5)29-10-9-11-30(27-29)41-35(43)17-20-49-22-24-51-25-23-50-21-18-40/h9-11,14,16,26-27,31-32H,6-8,12-13,15,17-25,40H2,1-5H3,(H,41,43)/t31-,32+/m0/s1. The molecule has 2 aromatic carbocycles. The van der Waals surface area contributed by atoms with Crippen LogP contribution in [0.15, 0.2) is 42.5 Å². The van der Waals surface area contributed by atoms with Gasteiger partial charge >= 0.3 is 5.97 Å². The minimum absolute atomic E-state index is 0.140. The fourth-order valence-electron chi connectivity index (χ4n) is 5.68. The van der Waals surface area contributed by atoms with Gasteiger partial charge in [0.05, 0.1) is 60.3 Å². The molecule has 2 aromatic rings. The summed E-state index contributed by atoms with van der Waals surface area (Å²) >= 11 is 0. The van der Waals surface area contributed by atoms with Crippen LogP contribution in [0.25, 0.3) is 0 Å². The van der Waals surface area contributed by atoms with Crippen molar-refractivity contribution in [3.8, 4) is 11.5 Å². The van der Waals surface area contributed by atoms with Gasteiger partial charge in [0.25, 0.3) is 5.91 Å². The van der Waals surface area contributed by atoms with Crippen molar-refractivity contribution in [3.63, 3.8) is 0 Å². The van der Waals surface area contributed by atoms with Crippen molar-refractivity contribution in [1.29, 1.82) is 0 Å². The Morgan fingerprint density at radius 2 is 1.60 bits per heavy atom. The fourth-order valence-corrected chi connectivity index (χ4v) is 5.68. The van der Waals surface area contributed by atoms with Crippen LogP contribution < -0.4 is 20.5 Å². The fraction of sp³-hybridized carbons (Fsp3) is 0.590. The van der Waals surface area contributed by atoms with Gasteiger partial charge in [0.15, 0.2) is 11.5 Å². The molecule has 0 bridgehead atoms. The summed E-state index contributed by atoms with van der Waals surface area (Å²) in [5.41, 5.74) is 6.70. The van der Waals surface area contributed by atoms with Crippen molar-refractivity contribution < 1.29 is 47.6 Å². The molecule has 1 fully saturated rings. The van der Waals surface area contributed by atoms with E-state index >= 15 is 0 Å². The van der Waals surface area contributed by atoms with Crippen LogP contribution in [-0.2, 0) is 44.5 Å². The van der Waals surface area contributed by atoms with Crippen LogP contribution in [0.4, 0.5) is 5.69 Å². The lowest BCUT2D eigenvalue weighted by Gasteiger charge is -2.36. The second-order valence-corrected chi connectivity index (χ2v) is 13.3. The number of nitrogens with zero attached hydrogens (tertiary/aromatic N) is 1. The van der Waals surface area contributed by atoms with Gasteiger partial charge in [-0.1, -0.05) is 39.0 Å². The Morgan fingerprint density at radius 1 is 0.904 bits per heavy atom. The third-order valence-corrected chi connectivity index (χ3v) is 9.15. The van der Waals surface area contributed by atoms with Crippen LogP contribution in [0.3, 0.4) is 0 Å². The number of methoxy groups -OCH3 is 2. The predicted octanol–water partition coefficient (Wildman–Crippen LogP) is 4.64. The zero-order valence-corrected chi connectivity index (χ0v) is 31.4. The van der Waals surface area contributed by atoms with Crippen molar-refractivity contribution in [2.45, 2.75) is 77.9 Å². The normalized spacial score (nSPS) is 15.1. The highest BCUT2D eigenvalue weighted by atomic mass is 16.6. The molecule has 0 spiro atoms. The second-order valence-electron chi connectivity index (χ2n) is 13.3. The van der Waals surface area contributed by atoms with Crippen molar-refractivity contribution in [2.75, 3.05) is 72.3 Å². The molecular formula is C39H57N3O10. The Labute approximate surface area is 307 Å². The van der Waals surface area contributed by atoms with Crippen molar-refractivity contribution in [2.24, 2.45) is 11.1 Å². The molecule has 1 heterocycles. The third kappa shape index (κ3) is 13.2. The Bertz CT molecular complexity index is 1450. The predicted molar refractivity (Wildman–Crippen MR) is 196 cm³/mol. The second kappa shape index (κ2) is 22.1. The van der Waals surface area contributed by atoms with Gasteiger partial charge in [-0.2, -0.15) is 0 Å². The first-order valence-electron chi connectivity index (χ1n) is 18.1. The first kappa shape index (κ1) is 42.4. The number of ether oxygens (including phenoxy) is 6. The van der Waals surface area contributed by atoms with Gasteiger partial charge in [-0.3, -0.25) is 14.4 Å². The number of anilines is 1. The van der Waals surface area contributed by atoms with E-state index in [1.165, 1.54) is 4.90 Å². The molecule has 1 aliphatic heterocycles. The molecule has 3 N–H and O–H groups in total. The lowest BCUT2D eigenvalue weighted by atomic mass is 9.84. The Morgan fingerprint density at radius 3 is 2.27 bits per heavy atom. The highest BCUT2D eigenvalue weighted by Gasteiger charge is 2.41. The maximum atomic E-state index is 13.9. The van der Waals surface area contributed by atoms with Gasteiger partial charge in [-0.15, -0.1) is 0 Å². The largest absolute Gasteiger partial charge is 0.493 e. The van der Waals surface area contributed by atoms with Crippen molar-refractivity contribution in [1.82, 2.24) is 4.90 Å².